The second-order valence-corrected chi connectivity index (χ2v) is 7.06. The maximum atomic E-state index is 12.3. The average molecular weight is 323 g/mol. The summed E-state index contributed by atoms with van der Waals surface area (Å²) in [7, 11) is 0. The van der Waals surface area contributed by atoms with E-state index < -0.39 is 0 Å². The predicted octanol–water partition coefficient (Wildman–Crippen LogP) is 2.45. The first-order chi connectivity index (χ1) is 10.5. The molecule has 3 atom stereocenters. The van der Waals surface area contributed by atoms with E-state index in [1.54, 1.807) is 0 Å². The third-order valence-corrected chi connectivity index (χ3v) is 4.57. The van der Waals surface area contributed by atoms with Crippen LogP contribution < -0.4 is 5.32 Å². The predicted molar refractivity (Wildman–Crippen MR) is 86.8 cm³/mol. The van der Waals surface area contributed by atoms with Crippen molar-refractivity contribution in [3.05, 3.63) is 34.9 Å². The van der Waals surface area contributed by atoms with Crippen molar-refractivity contribution in [3.8, 4) is 0 Å². The number of likely N-dealkylation sites (tertiary alicyclic amines) is 1. The zero-order valence-corrected chi connectivity index (χ0v) is 13.8. The van der Waals surface area contributed by atoms with Crippen molar-refractivity contribution in [2.75, 3.05) is 13.1 Å². The van der Waals surface area contributed by atoms with E-state index in [9.17, 15) is 4.79 Å². The van der Waals surface area contributed by atoms with Gasteiger partial charge < -0.3 is 10.1 Å². The Morgan fingerprint density at radius 1 is 1.36 bits per heavy atom. The van der Waals surface area contributed by atoms with Crippen LogP contribution in [-0.2, 0) is 16.1 Å². The average Bonchev–Trinajstić information content (AvgIpc) is 2.76. The largest absolute Gasteiger partial charge is 0.371 e. The van der Waals surface area contributed by atoms with E-state index in [0.717, 1.165) is 31.1 Å². The number of carbonyl (C=O) groups is 1. The maximum absolute atomic E-state index is 12.3. The molecule has 3 rings (SSSR count). The zero-order valence-electron chi connectivity index (χ0n) is 13.1. The highest BCUT2D eigenvalue weighted by Crippen LogP contribution is 2.32. The van der Waals surface area contributed by atoms with Crippen LogP contribution in [0.1, 0.15) is 25.8 Å². The van der Waals surface area contributed by atoms with Gasteiger partial charge in [0.05, 0.1) is 18.1 Å². The minimum atomic E-state index is -0.0115. The molecule has 2 saturated heterocycles. The normalized spacial score (nSPS) is 28.1. The van der Waals surface area contributed by atoms with Gasteiger partial charge in [0.1, 0.15) is 0 Å². The van der Waals surface area contributed by atoms with E-state index >= 15 is 0 Å². The Morgan fingerprint density at radius 2 is 2.09 bits per heavy atom. The van der Waals surface area contributed by atoms with E-state index in [4.69, 9.17) is 16.3 Å². The molecule has 2 heterocycles. The van der Waals surface area contributed by atoms with Gasteiger partial charge in [-0.05, 0) is 38.0 Å². The molecule has 0 aliphatic carbocycles. The number of amides is 1. The number of fused-ring (bicyclic) bond motifs is 2. The van der Waals surface area contributed by atoms with Crippen molar-refractivity contribution in [2.45, 2.75) is 45.1 Å². The number of halogens is 1. The van der Waals surface area contributed by atoms with Crippen LogP contribution in [0.25, 0.3) is 0 Å². The SMILES string of the molecule is CC(C)NC(=O)[C@@H]1C[C@H]2CN(Cc3ccc(Cl)cc3)C[C@@H]1O2. The van der Waals surface area contributed by atoms with Gasteiger partial charge in [0, 0.05) is 30.7 Å². The Balaban J connectivity index is 1.60. The first-order valence-electron chi connectivity index (χ1n) is 7.94. The van der Waals surface area contributed by atoms with Gasteiger partial charge in [-0.25, -0.2) is 0 Å². The number of hydrogen-bond donors (Lipinski definition) is 1. The molecule has 1 amide bonds. The van der Waals surface area contributed by atoms with Crippen LogP contribution in [0.2, 0.25) is 5.02 Å². The standard InChI is InChI=1S/C17H23ClN2O2/c1-11(2)19-17(21)15-7-14-9-20(10-16(15)22-14)8-12-3-5-13(18)6-4-12/h3-6,11,14-16H,7-10H2,1-2H3,(H,19,21)/t14-,15+,16-/m0/s1. The van der Waals surface area contributed by atoms with E-state index in [1.807, 2.05) is 26.0 Å². The summed E-state index contributed by atoms with van der Waals surface area (Å²) in [5.41, 5.74) is 1.24. The molecule has 0 aromatic heterocycles. The number of rotatable bonds is 4. The molecule has 4 nitrogen and oxygen atoms in total. The highest BCUT2D eigenvalue weighted by Gasteiger charge is 2.44. The van der Waals surface area contributed by atoms with Crippen molar-refractivity contribution in [2.24, 2.45) is 5.92 Å². The van der Waals surface area contributed by atoms with E-state index in [-0.39, 0.29) is 30.1 Å². The molecule has 0 saturated carbocycles. The number of benzene rings is 1. The summed E-state index contributed by atoms with van der Waals surface area (Å²) in [4.78, 5) is 14.7. The van der Waals surface area contributed by atoms with Gasteiger partial charge in [-0.2, -0.15) is 0 Å². The van der Waals surface area contributed by atoms with Gasteiger partial charge >= 0.3 is 0 Å². The van der Waals surface area contributed by atoms with Gasteiger partial charge in [-0.1, -0.05) is 23.7 Å². The van der Waals surface area contributed by atoms with Crippen molar-refractivity contribution in [3.63, 3.8) is 0 Å². The minimum Gasteiger partial charge on any atom is -0.371 e. The molecule has 0 spiro atoms. The van der Waals surface area contributed by atoms with Crippen molar-refractivity contribution >= 4 is 17.5 Å². The summed E-state index contributed by atoms with van der Waals surface area (Å²) >= 11 is 5.93. The smallest absolute Gasteiger partial charge is 0.226 e. The molecule has 22 heavy (non-hydrogen) atoms. The molecule has 5 heteroatoms. The van der Waals surface area contributed by atoms with Crippen molar-refractivity contribution in [1.82, 2.24) is 10.2 Å². The monoisotopic (exact) mass is 322 g/mol. The van der Waals surface area contributed by atoms with E-state index in [0.29, 0.717) is 0 Å². The van der Waals surface area contributed by atoms with Crippen LogP contribution in [0, 0.1) is 5.92 Å². The van der Waals surface area contributed by atoms with Crippen molar-refractivity contribution < 1.29 is 9.53 Å². The Hall–Kier alpha value is -1.10. The third kappa shape index (κ3) is 3.62. The molecule has 1 aromatic carbocycles. The Labute approximate surface area is 136 Å². The molecule has 2 aliphatic rings. The Morgan fingerprint density at radius 3 is 2.77 bits per heavy atom. The summed E-state index contributed by atoms with van der Waals surface area (Å²) in [5, 5.41) is 3.78. The lowest BCUT2D eigenvalue weighted by molar-refractivity contribution is -0.128. The lowest BCUT2D eigenvalue weighted by Gasteiger charge is -2.32. The van der Waals surface area contributed by atoms with Gasteiger partial charge in [-0.3, -0.25) is 9.69 Å². The highest BCUT2D eigenvalue weighted by atomic mass is 35.5. The van der Waals surface area contributed by atoms with Crippen LogP contribution >= 0.6 is 11.6 Å². The second-order valence-electron chi connectivity index (χ2n) is 6.62. The second kappa shape index (κ2) is 6.57. The lowest BCUT2D eigenvalue weighted by Crippen LogP contribution is -2.45. The Bertz CT molecular complexity index is 532. The van der Waals surface area contributed by atoms with E-state index in [2.05, 4.69) is 22.3 Å². The maximum Gasteiger partial charge on any atom is 0.226 e. The fraction of sp³-hybridized carbons (Fsp3) is 0.588. The summed E-state index contributed by atoms with van der Waals surface area (Å²) in [6, 6.07) is 8.14. The number of hydrogen-bond acceptors (Lipinski definition) is 3. The van der Waals surface area contributed by atoms with Crippen LogP contribution in [-0.4, -0.2) is 42.1 Å². The van der Waals surface area contributed by atoms with Crippen LogP contribution in [0.4, 0.5) is 0 Å². The number of nitrogens with zero attached hydrogens (tertiary/aromatic N) is 1. The molecular formula is C17H23ClN2O2. The number of nitrogens with one attached hydrogen (secondary N) is 1. The summed E-state index contributed by atoms with van der Waals surface area (Å²) in [5.74, 6) is 0.124. The molecule has 1 aromatic rings. The van der Waals surface area contributed by atoms with Gasteiger partial charge in [0.25, 0.3) is 0 Å². The van der Waals surface area contributed by atoms with Crippen LogP contribution in [0.15, 0.2) is 24.3 Å². The first kappa shape index (κ1) is 15.8. The van der Waals surface area contributed by atoms with Gasteiger partial charge in [0.2, 0.25) is 5.91 Å². The van der Waals surface area contributed by atoms with Gasteiger partial charge in [0.15, 0.2) is 0 Å². The quantitative estimate of drug-likeness (QED) is 0.926. The fourth-order valence-electron chi connectivity index (χ4n) is 3.38. The third-order valence-electron chi connectivity index (χ3n) is 4.32. The highest BCUT2D eigenvalue weighted by molar-refractivity contribution is 6.30. The number of ether oxygens (including phenoxy) is 1. The molecule has 0 unspecified atom stereocenters. The molecular weight excluding hydrogens is 300 g/mol. The summed E-state index contributed by atoms with van der Waals surface area (Å²) < 4.78 is 5.98. The molecule has 2 aliphatic heterocycles. The van der Waals surface area contributed by atoms with Crippen LogP contribution in [0.3, 0.4) is 0 Å². The molecule has 0 radical (unpaired) electrons. The topological polar surface area (TPSA) is 41.6 Å². The minimum absolute atomic E-state index is 0.0115. The fourth-order valence-corrected chi connectivity index (χ4v) is 3.51. The zero-order chi connectivity index (χ0) is 15.7. The molecule has 1 N–H and O–H groups in total. The van der Waals surface area contributed by atoms with Crippen LogP contribution in [0.5, 0.6) is 0 Å². The van der Waals surface area contributed by atoms with Crippen molar-refractivity contribution in [1.29, 1.82) is 0 Å². The summed E-state index contributed by atoms with van der Waals surface area (Å²) in [6.07, 6.45) is 1.03. The summed E-state index contributed by atoms with van der Waals surface area (Å²) in [6.45, 7) is 6.57. The lowest BCUT2D eigenvalue weighted by atomic mass is 9.99. The van der Waals surface area contributed by atoms with E-state index in [1.165, 1.54) is 5.56 Å². The molecule has 120 valence electrons. The number of morpholine rings is 1. The molecule has 2 fully saturated rings. The molecule has 2 bridgehead atoms. The van der Waals surface area contributed by atoms with Gasteiger partial charge in [-0.15, -0.1) is 0 Å². The first-order valence-corrected chi connectivity index (χ1v) is 8.31. The Kier molecular flexibility index (Phi) is 4.71. The number of carbonyl (C=O) groups excluding carboxylic acids is 1.